The van der Waals surface area contributed by atoms with E-state index in [1.807, 2.05) is 24.3 Å². The van der Waals surface area contributed by atoms with E-state index in [9.17, 15) is 4.79 Å². The van der Waals surface area contributed by atoms with Crippen LogP contribution in [0.25, 0.3) is 0 Å². The van der Waals surface area contributed by atoms with Crippen LogP contribution in [0, 0.1) is 5.41 Å². The molecule has 0 aliphatic carbocycles. The van der Waals surface area contributed by atoms with E-state index in [0.717, 1.165) is 13.0 Å². The maximum Gasteiger partial charge on any atom is 0.312 e. The third kappa shape index (κ3) is 4.85. The molecule has 112 valence electrons. The van der Waals surface area contributed by atoms with Gasteiger partial charge in [-0.2, -0.15) is 0 Å². The standard InChI is InChI=1S/C16H25NO3/c1-5-10-17-12(2)13-6-8-14(9-7-13)20-11-16(3,4)15(18)19/h6-9,12,17H,5,10-11H2,1-4H3,(H,18,19). The molecular weight excluding hydrogens is 254 g/mol. The molecule has 0 amide bonds. The lowest BCUT2D eigenvalue weighted by atomic mass is 9.95. The predicted octanol–water partition coefficient (Wildman–Crippen LogP) is 3.24. The molecular formula is C16H25NO3. The first kappa shape index (κ1) is 16.5. The Morgan fingerprint density at radius 3 is 2.45 bits per heavy atom. The molecule has 20 heavy (non-hydrogen) atoms. The van der Waals surface area contributed by atoms with Gasteiger partial charge in [0.1, 0.15) is 12.4 Å². The van der Waals surface area contributed by atoms with Crippen LogP contribution in [0.1, 0.15) is 45.7 Å². The van der Waals surface area contributed by atoms with Crippen LogP contribution in [-0.2, 0) is 4.79 Å². The molecule has 0 saturated carbocycles. The normalized spacial score (nSPS) is 13.0. The first-order valence-corrected chi connectivity index (χ1v) is 7.06. The van der Waals surface area contributed by atoms with E-state index >= 15 is 0 Å². The molecule has 0 spiro atoms. The SMILES string of the molecule is CCCNC(C)c1ccc(OCC(C)(C)C(=O)O)cc1. The molecule has 1 unspecified atom stereocenters. The van der Waals surface area contributed by atoms with Gasteiger partial charge < -0.3 is 15.2 Å². The number of carboxylic acid groups (broad SMARTS) is 1. The summed E-state index contributed by atoms with van der Waals surface area (Å²) >= 11 is 0. The zero-order valence-electron chi connectivity index (χ0n) is 12.8. The zero-order chi connectivity index (χ0) is 15.2. The van der Waals surface area contributed by atoms with E-state index in [0.29, 0.717) is 11.8 Å². The molecule has 0 heterocycles. The first-order valence-electron chi connectivity index (χ1n) is 7.06. The Hall–Kier alpha value is -1.55. The molecule has 1 rings (SSSR count). The van der Waals surface area contributed by atoms with E-state index < -0.39 is 11.4 Å². The molecule has 0 aromatic heterocycles. The predicted molar refractivity (Wildman–Crippen MR) is 80.1 cm³/mol. The zero-order valence-corrected chi connectivity index (χ0v) is 12.8. The van der Waals surface area contributed by atoms with Gasteiger partial charge in [-0.1, -0.05) is 19.1 Å². The number of ether oxygens (including phenoxy) is 1. The fourth-order valence-corrected chi connectivity index (χ4v) is 1.66. The number of carboxylic acids is 1. The Balaban J connectivity index is 2.56. The summed E-state index contributed by atoms with van der Waals surface area (Å²) < 4.78 is 5.55. The molecule has 1 aromatic carbocycles. The second kappa shape index (κ2) is 7.29. The second-order valence-electron chi connectivity index (χ2n) is 5.72. The molecule has 1 aromatic rings. The summed E-state index contributed by atoms with van der Waals surface area (Å²) in [5.74, 6) is -0.155. The fraction of sp³-hybridized carbons (Fsp3) is 0.562. The molecule has 0 aliphatic heterocycles. The largest absolute Gasteiger partial charge is 0.492 e. The Morgan fingerprint density at radius 1 is 1.35 bits per heavy atom. The van der Waals surface area contributed by atoms with Crippen molar-refractivity contribution in [2.45, 2.75) is 40.2 Å². The number of aliphatic carboxylic acids is 1. The molecule has 0 fully saturated rings. The molecule has 0 radical (unpaired) electrons. The summed E-state index contributed by atoms with van der Waals surface area (Å²) in [5.41, 5.74) is 0.317. The van der Waals surface area contributed by atoms with Crippen molar-refractivity contribution >= 4 is 5.97 Å². The minimum absolute atomic E-state index is 0.158. The van der Waals surface area contributed by atoms with Crippen LogP contribution in [-0.4, -0.2) is 24.2 Å². The Labute approximate surface area is 121 Å². The van der Waals surface area contributed by atoms with Gasteiger partial charge in [-0.15, -0.1) is 0 Å². The van der Waals surface area contributed by atoms with Crippen LogP contribution in [0.4, 0.5) is 0 Å². The highest BCUT2D eigenvalue weighted by molar-refractivity contribution is 5.73. The minimum Gasteiger partial charge on any atom is -0.492 e. The first-order chi connectivity index (χ1) is 9.36. The third-order valence-corrected chi connectivity index (χ3v) is 3.26. The summed E-state index contributed by atoms with van der Waals surface area (Å²) in [5, 5.41) is 12.5. The van der Waals surface area contributed by atoms with E-state index in [2.05, 4.69) is 19.2 Å². The lowest BCUT2D eigenvalue weighted by Crippen LogP contribution is -2.30. The molecule has 4 heteroatoms. The van der Waals surface area contributed by atoms with E-state index in [1.54, 1.807) is 13.8 Å². The maximum absolute atomic E-state index is 11.0. The molecule has 0 bridgehead atoms. The highest BCUT2D eigenvalue weighted by Crippen LogP contribution is 2.21. The van der Waals surface area contributed by atoms with Gasteiger partial charge in [0.2, 0.25) is 0 Å². The monoisotopic (exact) mass is 279 g/mol. The van der Waals surface area contributed by atoms with Crippen molar-refractivity contribution in [3.8, 4) is 5.75 Å². The topological polar surface area (TPSA) is 58.6 Å². The van der Waals surface area contributed by atoms with Gasteiger partial charge in [-0.25, -0.2) is 0 Å². The van der Waals surface area contributed by atoms with Gasteiger partial charge in [0.05, 0.1) is 5.41 Å². The number of nitrogens with one attached hydrogen (secondary N) is 1. The number of carbonyl (C=O) groups is 1. The van der Waals surface area contributed by atoms with Crippen molar-refractivity contribution < 1.29 is 14.6 Å². The van der Waals surface area contributed by atoms with Gasteiger partial charge in [-0.3, -0.25) is 4.79 Å². The van der Waals surface area contributed by atoms with Crippen LogP contribution >= 0.6 is 0 Å². The van der Waals surface area contributed by atoms with Crippen molar-refractivity contribution in [2.24, 2.45) is 5.41 Å². The Kier molecular flexibility index (Phi) is 6.02. The Morgan fingerprint density at radius 2 is 1.95 bits per heavy atom. The molecule has 1 atom stereocenters. The van der Waals surface area contributed by atoms with Crippen LogP contribution in [0.3, 0.4) is 0 Å². The summed E-state index contributed by atoms with van der Waals surface area (Å²) in [6, 6.07) is 8.10. The van der Waals surface area contributed by atoms with Crippen molar-refractivity contribution in [3.05, 3.63) is 29.8 Å². The summed E-state index contributed by atoms with van der Waals surface area (Å²) in [6.07, 6.45) is 1.11. The van der Waals surface area contributed by atoms with Gasteiger partial charge >= 0.3 is 5.97 Å². The lowest BCUT2D eigenvalue weighted by molar-refractivity contribution is -0.148. The van der Waals surface area contributed by atoms with Gasteiger partial charge in [-0.05, 0) is 51.4 Å². The average molecular weight is 279 g/mol. The van der Waals surface area contributed by atoms with Crippen molar-refractivity contribution in [1.82, 2.24) is 5.32 Å². The molecule has 0 aliphatic rings. The smallest absolute Gasteiger partial charge is 0.312 e. The lowest BCUT2D eigenvalue weighted by Gasteiger charge is -2.20. The van der Waals surface area contributed by atoms with Crippen LogP contribution < -0.4 is 10.1 Å². The van der Waals surface area contributed by atoms with Gasteiger partial charge in [0.15, 0.2) is 0 Å². The van der Waals surface area contributed by atoms with Crippen molar-refractivity contribution in [2.75, 3.05) is 13.2 Å². The Bertz CT molecular complexity index is 426. The second-order valence-corrected chi connectivity index (χ2v) is 5.72. The fourth-order valence-electron chi connectivity index (χ4n) is 1.66. The summed E-state index contributed by atoms with van der Waals surface area (Å²) in [6.45, 7) is 8.72. The van der Waals surface area contributed by atoms with Crippen LogP contribution in [0.2, 0.25) is 0 Å². The summed E-state index contributed by atoms with van der Waals surface area (Å²) in [4.78, 5) is 11.0. The van der Waals surface area contributed by atoms with Crippen LogP contribution in [0.15, 0.2) is 24.3 Å². The third-order valence-electron chi connectivity index (χ3n) is 3.26. The maximum atomic E-state index is 11.0. The highest BCUT2D eigenvalue weighted by Gasteiger charge is 2.28. The number of rotatable bonds is 8. The molecule has 4 nitrogen and oxygen atoms in total. The summed E-state index contributed by atoms with van der Waals surface area (Å²) in [7, 11) is 0. The number of hydrogen-bond acceptors (Lipinski definition) is 3. The van der Waals surface area contributed by atoms with Gasteiger partial charge in [0, 0.05) is 6.04 Å². The number of benzene rings is 1. The van der Waals surface area contributed by atoms with Crippen molar-refractivity contribution in [3.63, 3.8) is 0 Å². The van der Waals surface area contributed by atoms with E-state index in [1.165, 1.54) is 5.56 Å². The average Bonchev–Trinajstić information content (AvgIpc) is 2.43. The molecule has 2 N–H and O–H groups in total. The minimum atomic E-state index is -0.880. The highest BCUT2D eigenvalue weighted by atomic mass is 16.5. The van der Waals surface area contributed by atoms with Crippen LogP contribution in [0.5, 0.6) is 5.75 Å². The van der Waals surface area contributed by atoms with E-state index in [-0.39, 0.29) is 6.61 Å². The molecule has 0 saturated heterocycles. The van der Waals surface area contributed by atoms with Gasteiger partial charge in [0.25, 0.3) is 0 Å². The quantitative estimate of drug-likeness (QED) is 0.767. The number of hydrogen-bond donors (Lipinski definition) is 2. The van der Waals surface area contributed by atoms with E-state index in [4.69, 9.17) is 9.84 Å². The van der Waals surface area contributed by atoms with Crippen molar-refractivity contribution in [1.29, 1.82) is 0 Å².